The Hall–Kier alpha value is -2.17. The minimum Gasteiger partial charge on any atom is -0.474 e. The van der Waals surface area contributed by atoms with Crippen LogP contribution in [-0.4, -0.2) is 33.5 Å². The van der Waals surface area contributed by atoms with Gasteiger partial charge in [0.25, 0.3) is 0 Å². The Labute approximate surface area is 111 Å². The molecule has 1 atom stereocenters. The number of rotatable bonds is 4. The maximum absolute atomic E-state index is 5.54. The molecule has 1 aliphatic heterocycles. The van der Waals surface area contributed by atoms with E-state index in [1.807, 2.05) is 24.4 Å². The highest BCUT2D eigenvalue weighted by Crippen LogP contribution is 2.12. The highest BCUT2D eigenvalue weighted by molar-refractivity contribution is 5.92. The van der Waals surface area contributed by atoms with Gasteiger partial charge in [0.15, 0.2) is 5.69 Å². The molecule has 0 aliphatic carbocycles. The predicted molar refractivity (Wildman–Crippen MR) is 72.1 cm³/mol. The molecule has 98 valence electrons. The van der Waals surface area contributed by atoms with Crippen molar-refractivity contribution in [2.24, 2.45) is 4.99 Å². The van der Waals surface area contributed by atoms with Gasteiger partial charge in [-0.2, -0.15) is 0 Å². The second-order valence-corrected chi connectivity index (χ2v) is 4.59. The van der Waals surface area contributed by atoms with Crippen LogP contribution in [0.5, 0.6) is 0 Å². The Morgan fingerprint density at radius 3 is 2.89 bits per heavy atom. The van der Waals surface area contributed by atoms with Gasteiger partial charge < -0.3 is 4.74 Å². The van der Waals surface area contributed by atoms with Crippen molar-refractivity contribution in [1.29, 1.82) is 0 Å². The van der Waals surface area contributed by atoms with Crippen molar-refractivity contribution < 1.29 is 4.74 Å². The van der Waals surface area contributed by atoms with Gasteiger partial charge in [0, 0.05) is 0 Å². The topological polar surface area (TPSA) is 52.3 Å². The third-order valence-corrected chi connectivity index (χ3v) is 3.13. The summed E-state index contributed by atoms with van der Waals surface area (Å²) in [6.07, 6.45) is 2.87. The average Bonchev–Trinajstić information content (AvgIpc) is 3.08. The Balaban J connectivity index is 1.74. The largest absolute Gasteiger partial charge is 0.474 e. The normalized spacial score (nSPS) is 18.2. The minimum absolute atomic E-state index is 0.259. The molecule has 0 spiro atoms. The molecule has 3 rings (SSSR count). The summed E-state index contributed by atoms with van der Waals surface area (Å²) in [7, 11) is 0. The zero-order valence-electron chi connectivity index (χ0n) is 10.9. The van der Waals surface area contributed by atoms with Gasteiger partial charge in [0.1, 0.15) is 6.61 Å². The van der Waals surface area contributed by atoms with E-state index in [9.17, 15) is 0 Å². The molecule has 0 amide bonds. The van der Waals surface area contributed by atoms with Gasteiger partial charge in [-0.25, -0.2) is 9.67 Å². The van der Waals surface area contributed by atoms with Crippen LogP contribution in [0.2, 0.25) is 0 Å². The zero-order valence-corrected chi connectivity index (χ0v) is 10.9. The molecular weight excluding hydrogens is 240 g/mol. The Kier molecular flexibility index (Phi) is 3.27. The van der Waals surface area contributed by atoms with Crippen LogP contribution in [0, 0.1) is 0 Å². The van der Waals surface area contributed by atoms with E-state index in [-0.39, 0.29) is 6.04 Å². The molecule has 2 aromatic rings. The summed E-state index contributed by atoms with van der Waals surface area (Å²) in [4.78, 5) is 4.48. The van der Waals surface area contributed by atoms with Crippen LogP contribution >= 0.6 is 0 Å². The molecule has 2 heterocycles. The summed E-state index contributed by atoms with van der Waals surface area (Å²) in [6.45, 7) is 3.46. The molecule has 1 aliphatic rings. The summed E-state index contributed by atoms with van der Waals surface area (Å²) in [5.41, 5.74) is 1.91. The van der Waals surface area contributed by atoms with Crippen molar-refractivity contribution in [1.82, 2.24) is 15.0 Å². The molecule has 0 unspecified atom stereocenters. The van der Waals surface area contributed by atoms with Crippen LogP contribution in [0.4, 0.5) is 0 Å². The lowest BCUT2D eigenvalue weighted by molar-refractivity contribution is 0.314. The number of aliphatic imine (C=N–C) groups is 1. The first kappa shape index (κ1) is 11.9. The molecule has 5 nitrogen and oxygen atoms in total. The highest BCUT2D eigenvalue weighted by atomic mass is 16.5. The average molecular weight is 256 g/mol. The van der Waals surface area contributed by atoms with Gasteiger partial charge in [-0.15, -0.1) is 5.10 Å². The summed E-state index contributed by atoms with van der Waals surface area (Å²) in [6, 6.07) is 10.4. The predicted octanol–water partition coefficient (Wildman–Crippen LogP) is 1.88. The fourth-order valence-corrected chi connectivity index (χ4v) is 2.01. The van der Waals surface area contributed by atoms with Gasteiger partial charge in [0.05, 0.1) is 18.8 Å². The molecule has 0 N–H and O–H groups in total. The first-order chi connectivity index (χ1) is 9.35. The van der Waals surface area contributed by atoms with Crippen molar-refractivity contribution in [2.75, 3.05) is 6.61 Å². The van der Waals surface area contributed by atoms with Crippen molar-refractivity contribution >= 4 is 5.90 Å². The van der Waals surface area contributed by atoms with Gasteiger partial charge in [0.2, 0.25) is 5.90 Å². The fourth-order valence-electron chi connectivity index (χ4n) is 2.01. The maximum Gasteiger partial charge on any atom is 0.239 e. The van der Waals surface area contributed by atoms with E-state index in [0.717, 1.165) is 6.42 Å². The van der Waals surface area contributed by atoms with Gasteiger partial charge >= 0.3 is 0 Å². The lowest BCUT2D eigenvalue weighted by Gasteiger charge is -1.99. The molecule has 19 heavy (non-hydrogen) atoms. The van der Waals surface area contributed by atoms with Crippen molar-refractivity contribution in [3.63, 3.8) is 0 Å². The zero-order chi connectivity index (χ0) is 13.1. The maximum atomic E-state index is 5.54. The van der Waals surface area contributed by atoms with E-state index < -0.39 is 0 Å². The van der Waals surface area contributed by atoms with E-state index in [4.69, 9.17) is 4.74 Å². The van der Waals surface area contributed by atoms with Crippen molar-refractivity contribution in [2.45, 2.75) is 25.9 Å². The van der Waals surface area contributed by atoms with Crippen LogP contribution in [-0.2, 0) is 11.3 Å². The summed E-state index contributed by atoms with van der Waals surface area (Å²) >= 11 is 0. The molecule has 0 fully saturated rings. The third-order valence-electron chi connectivity index (χ3n) is 3.13. The molecule has 0 bridgehead atoms. The summed E-state index contributed by atoms with van der Waals surface area (Å²) < 4.78 is 7.34. The van der Waals surface area contributed by atoms with Crippen LogP contribution in [0.25, 0.3) is 0 Å². The van der Waals surface area contributed by atoms with Crippen LogP contribution in [0.3, 0.4) is 0 Å². The van der Waals surface area contributed by atoms with Crippen LogP contribution in [0.1, 0.15) is 24.6 Å². The number of aromatic nitrogens is 3. The Morgan fingerprint density at radius 2 is 2.16 bits per heavy atom. The van der Waals surface area contributed by atoms with E-state index in [1.54, 1.807) is 4.68 Å². The summed E-state index contributed by atoms with van der Waals surface area (Å²) in [5, 5.41) is 8.23. The van der Waals surface area contributed by atoms with Crippen molar-refractivity contribution in [3.05, 3.63) is 47.8 Å². The monoisotopic (exact) mass is 256 g/mol. The molecular formula is C14H16N4O. The molecule has 1 aromatic heterocycles. The first-order valence-corrected chi connectivity index (χ1v) is 6.50. The lowest BCUT2D eigenvalue weighted by Crippen LogP contribution is -2.04. The van der Waals surface area contributed by atoms with E-state index in [1.165, 1.54) is 5.56 Å². The van der Waals surface area contributed by atoms with Crippen LogP contribution < -0.4 is 0 Å². The van der Waals surface area contributed by atoms with E-state index in [0.29, 0.717) is 24.7 Å². The molecule has 0 radical (unpaired) electrons. The Morgan fingerprint density at radius 1 is 1.32 bits per heavy atom. The Bertz CT molecular complexity index is 576. The molecule has 1 aromatic carbocycles. The molecule has 0 saturated heterocycles. The smallest absolute Gasteiger partial charge is 0.239 e. The third kappa shape index (κ3) is 2.65. The number of hydrogen-bond acceptors (Lipinski definition) is 4. The lowest BCUT2D eigenvalue weighted by atomic mass is 10.2. The second kappa shape index (κ2) is 5.22. The number of nitrogens with zero attached hydrogens (tertiary/aromatic N) is 4. The standard InChI is InChI=1S/C14H16N4O/c1-2-12-10-19-14(15-12)13-9-18(17-16-13)8-11-6-4-3-5-7-11/h3-7,9,12H,2,8,10H2,1H3/t12-/m1/s1. The van der Waals surface area contributed by atoms with Gasteiger partial charge in [-0.1, -0.05) is 42.5 Å². The number of ether oxygens (including phenoxy) is 1. The highest BCUT2D eigenvalue weighted by Gasteiger charge is 2.20. The van der Waals surface area contributed by atoms with Gasteiger partial charge in [-0.3, -0.25) is 0 Å². The van der Waals surface area contributed by atoms with E-state index >= 15 is 0 Å². The van der Waals surface area contributed by atoms with Crippen LogP contribution in [0.15, 0.2) is 41.5 Å². The first-order valence-electron chi connectivity index (χ1n) is 6.50. The molecule has 5 heteroatoms. The van der Waals surface area contributed by atoms with E-state index in [2.05, 4.69) is 34.4 Å². The quantitative estimate of drug-likeness (QED) is 0.839. The van der Waals surface area contributed by atoms with Gasteiger partial charge in [-0.05, 0) is 12.0 Å². The minimum atomic E-state index is 0.259. The van der Waals surface area contributed by atoms with Crippen molar-refractivity contribution in [3.8, 4) is 0 Å². The number of hydrogen-bond donors (Lipinski definition) is 0. The SMILES string of the molecule is CC[C@@H]1COC(c2cn(Cc3ccccc3)nn2)=N1. The number of benzene rings is 1. The molecule has 0 saturated carbocycles. The second-order valence-electron chi connectivity index (χ2n) is 4.59. The fraction of sp³-hybridized carbons (Fsp3) is 0.357. The summed E-state index contributed by atoms with van der Waals surface area (Å²) in [5.74, 6) is 0.617.